The Hall–Kier alpha value is -3.60. The van der Waals surface area contributed by atoms with Crippen molar-refractivity contribution < 1.29 is 24.2 Å². The number of nitrogens with one attached hydrogen (secondary N) is 1. The van der Waals surface area contributed by atoms with Crippen molar-refractivity contribution in [2.75, 3.05) is 26.3 Å². The van der Waals surface area contributed by atoms with Crippen LogP contribution in [-0.4, -0.2) is 80.6 Å². The number of pyridine rings is 1. The van der Waals surface area contributed by atoms with E-state index < -0.39 is 11.9 Å². The van der Waals surface area contributed by atoms with Gasteiger partial charge < -0.3 is 19.3 Å². The third-order valence-corrected chi connectivity index (χ3v) is 7.94. The lowest BCUT2D eigenvalue weighted by Crippen LogP contribution is -2.52. The highest BCUT2D eigenvalue weighted by molar-refractivity contribution is 6.05. The normalized spacial score (nSPS) is 22.8. The largest absolute Gasteiger partial charge is 0.390 e. The van der Waals surface area contributed by atoms with Crippen molar-refractivity contribution in [3.63, 3.8) is 0 Å². The van der Waals surface area contributed by atoms with Crippen LogP contribution < -0.4 is 5.32 Å². The zero-order valence-corrected chi connectivity index (χ0v) is 20.2. The van der Waals surface area contributed by atoms with Gasteiger partial charge in [-0.05, 0) is 41.8 Å². The van der Waals surface area contributed by atoms with Crippen LogP contribution in [0, 0.1) is 0 Å². The van der Waals surface area contributed by atoms with Crippen LogP contribution in [-0.2, 0) is 27.4 Å². The van der Waals surface area contributed by atoms with E-state index in [4.69, 9.17) is 9.72 Å². The molecular weight excluding hydrogens is 474 g/mol. The van der Waals surface area contributed by atoms with Crippen LogP contribution in [0.2, 0.25) is 0 Å². The predicted molar refractivity (Wildman–Crippen MR) is 132 cm³/mol. The average Bonchev–Trinajstić information content (AvgIpc) is 3.38. The Kier molecular flexibility index (Phi) is 5.17. The van der Waals surface area contributed by atoms with E-state index >= 15 is 0 Å². The van der Waals surface area contributed by atoms with Gasteiger partial charge >= 0.3 is 0 Å². The quantitative estimate of drug-likeness (QED) is 0.505. The fourth-order valence-corrected chi connectivity index (χ4v) is 5.80. The molecule has 2 N–H and O–H groups in total. The van der Waals surface area contributed by atoms with E-state index in [-0.39, 0.29) is 30.4 Å². The summed E-state index contributed by atoms with van der Waals surface area (Å²) in [5.41, 5.74) is 5.21. The summed E-state index contributed by atoms with van der Waals surface area (Å²) in [6.45, 7) is 3.70. The first-order valence-corrected chi connectivity index (χ1v) is 12.7. The number of nitrogens with zero attached hydrogens (tertiary/aromatic N) is 4. The van der Waals surface area contributed by atoms with Gasteiger partial charge in [0.1, 0.15) is 11.7 Å². The van der Waals surface area contributed by atoms with Crippen LogP contribution in [0.25, 0.3) is 22.3 Å². The van der Waals surface area contributed by atoms with Gasteiger partial charge in [-0.2, -0.15) is 0 Å². The number of carbonyl (C=O) groups excluding carboxylic acids is 3. The number of hydrogen-bond acceptors (Lipinski definition) is 7. The molecule has 7 rings (SSSR count). The average molecular weight is 502 g/mol. The SMILES string of the molecule is O=C1CCC(N2Cc3cc(-c4cc(CN5CC(O)C5)c5ccn(C6COC6)c5n4)ccc3C2=O)C(=O)N1. The Morgan fingerprint density at radius 2 is 1.95 bits per heavy atom. The summed E-state index contributed by atoms with van der Waals surface area (Å²) in [6, 6.07) is 9.55. The molecule has 0 saturated carbocycles. The van der Waals surface area contributed by atoms with Crippen molar-refractivity contribution in [2.24, 2.45) is 0 Å². The second-order valence-electron chi connectivity index (χ2n) is 10.4. The highest BCUT2D eigenvalue weighted by Crippen LogP contribution is 2.34. The number of rotatable bonds is 5. The second-order valence-corrected chi connectivity index (χ2v) is 10.4. The highest BCUT2D eigenvalue weighted by Gasteiger charge is 2.39. The number of amides is 3. The third-order valence-electron chi connectivity index (χ3n) is 7.94. The first-order valence-electron chi connectivity index (χ1n) is 12.7. The summed E-state index contributed by atoms with van der Waals surface area (Å²) in [7, 11) is 0. The number of hydrogen-bond donors (Lipinski definition) is 2. The number of imide groups is 1. The van der Waals surface area contributed by atoms with E-state index in [0.29, 0.717) is 44.8 Å². The molecule has 1 unspecified atom stereocenters. The summed E-state index contributed by atoms with van der Waals surface area (Å²) in [5, 5.41) is 13.2. The Bertz CT molecular complexity index is 1450. The molecule has 0 radical (unpaired) electrons. The summed E-state index contributed by atoms with van der Waals surface area (Å²) >= 11 is 0. The molecule has 2 aromatic heterocycles. The van der Waals surface area contributed by atoms with Gasteiger partial charge in [-0.3, -0.25) is 24.6 Å². The summed E-state index contributed by atoms with van der Waals surface area (Å²) in [4.78, 5) is 45.9. The fraction of sp³-hybridized carbons (Fsp3) is 0.407. The molecule has 190 valence electrons. The second kappa shape index (κ2) is 8.47. The maximum atomic E-state index is 13.1. The zero-order valence-electron chi connectivity index (χ0n) is 20.2. The van der Waals surface area contributed by atoms with Gasteiger partial charge in [0.05, 0.1) is 31.1 Å². The molecular formula is C27H27N5O5. The highest BCUT2D eigenvalue weighted by atomic mass is 16.5. The standard InChI is InChI=1S/C27H27N5O5/c33-19-11-30(12-19)9-17-8-22(28-25-20(17)5-6-31(25)18-13-37-14-18)15-1-2-21-16(7-15)10-32(27(21)36)23-3-4-24(34)29-26(23)35/h1-2,5-8,18-19,23,33H,3-4,9-14H2,(H,29,34,35). The number of likely N-dealkylation sites (tertiary alicyclic amines) is 1. The van der Waals surface area contributed by atoms with Crippen molar-refractivity contribution in [3.8, 4) is 11.3 Å². The molecule has 3 amide bonds. The van der Waals surface area contributed by atoms with Crippen molar-refractivity contribution in [2.45, 2.75) is 44.1 Å². The minimum absolute atomic E-state index is 0.185. The lowest BCUT2D eigenvalue weighted by Gasteiger charge is -2.36. The summed E-state index contributed by atoms with van der Waals surface area (Å²) in [6.07, 6.45) is 2.37. The summed E-state index contributed by atoms with van der Waals surface area (Å²) in [5.74, 6) is -0.891. The molecule has 6 heterocycles. The van der Waals surface area contributed by atoms with E-state index in [1.54, 1.807) is 4.90 Å². The molecule has 4 aliphatic rings. The van der Waals surface area contributed by atoms with Crippen LogP contribution in [0.15, 0.2) is 36.5 Å². The number of aliphatic hydroxyl groups excluding tert-OH is 1. The molecule has 0 spiro atoms. The Morgan fingerprint density at radius 1 is 1.11 bits per heavy atom. The smallest absolute Gasteiger partial charge is 0.255 e. The molecule has 3 aromatic rings. The molecule has 3 fully saturated rings. The van der Waals surface area contributed by atoms with Crippen LogP contribution >= 0.6 is 0 Å². The number of piperidine rings is 1. The van der Waals surface area contributed by atoms with Gasteiger partial charge in [0, 0.05) is 55.3 Å². The third kappa shape index (κ3) is 3.75. The predicted octanol–water partition coefficient (Wildman–Crippen LogP) is 1.21. The van der Waals surface area contributed by atoms with E-state index in [9.17, 15) is 19.5 Å². The molecule has 10 nitrogen and oxygen atoms in total. The van der Waals surface area contributed by atoms with Crippen LogP contribution in [0.5, 0.6) is 0 Å². The fourth-order valence-electron chi connectivity index (χ4n) is 5.80. The molecule has 0 bridgehead atoms. The van der Waals surface area contributed by atoms with Crippen molar-refractivity contribution in [1.82, 2.24) is 24.7 Å². The number of ether oxygens (including phenoxy) is 1. The van der Waals surface area contributed by atoms with Crippen molar-refractivity contribution in [1.29, 1.82) is 0 Å². The molecule has 1 aromatic carbocycles. The lowest BCUT2D eigenvalue weighted by molar-refractivity contribution is -0.136. The number of β-amino-alcohol motifs (C(OH)–C–C–N with tert-alkyl or cyclic N) is 1. The maximum absolute atomic E-state index is 13.1. The van der Waals surface area contributed by atoms with E-state index in [2.05, 4.69) is 33.1 Å². The van der Waals surface area contributed by atoms with E-state index in [1.807, 2.05) is 18.2 Å². The Labute approximate surface area is 212 Å². The van der Waals surface area contributed by atoms with Gasteiger partial charge in [-0.15, -0.1) is 0 Å². The van der Waals surface area contributed by atoms with Gasteiger partial charge in [-0.25, -0.2) is 4.98 Å². The first-order chi connectivity index (χ1) is 17.9. The number of fused-ring (bicyclic) bond motifs is 2. The molecule has 1 atom stereocenters. The van der Waals surface area contributed by atoms with Gasteiger partial charge in [0.25, 0.3) is 5.91 Å². The lowest BCUT2D eigenvalue weighted by atomic mass is 10.0. The molecule has 0 aliphatic carbocycles. The molecule has 3 saturated heterocycles. The molecule has 37 heavy (non-hydrogen) atoms. The summed E-state index contributed by atoms with van der Waals surface area (Å²) < 4.78 is 7.60. The molecule has 10 heteroatoms. The van der Waals surface area contributed by atoms with Gasteiger partial charge in [-0.1, -0.05) is 6.07 Å². The van der Waals surface area contributed by atoms with Gasteiger partial charge in [0.2, 0.25) is 11.8 Å². The van der Waals surface area contributed by atoms with Gasteiger partial charge in [0.15, 0.2) is 0 Å². The maximum Gasteiger partial charge on any atom is 0.255 e. The van der Waals surface area contributed by atoms with Crippen molar-refractivity contribution >= 4 is 28.8 Å². The number of aromatic nitrogens is 2. The first kappa shape index (κ1) is 22.6. The van der Waals surface area contributed by atoms with Crippen LogP contribution in [0.3, 0.4) is 0 Å². The molecule has 4 aliphatic heterocycles. The minimum Gasteiger partial charge on any atom is -0.390 e. The van der Waals surface area contributed by atoms with E-state index in [0.717, 1.165) is 40.0 Å². The van der Waals surface area contributed by atoms with Crippen LogP contribution in [0.1, 0.15) is 40.4 Å². The van der Waals surface area contributed by atoms with Crippen molar-refractivity contribution in [3.05, 3.63) is 53.2 Å². The Morgan fingerprint density at radius 3 is 2.68 bits per heavy atom. The zero-order chi connectivity index (χ0) is 25.3. The monoisotopic (exact) mass is 501 g/mol. The Balaban J connectivity index is 1.24. The number of carbonyl (C=O) groups is 3. The van der Waals surface area contributed by atoms with Crippen LogP contribution in [0.4, 0.5) is 0 Å². The van der Waals surface area contributed by atoms with E-state index in [1.165, 1.54) is 0 Å². The topological polar surface area (TPSA) is 117 Å². The number of aliphatic hydroxyl groups is 1. The number of benzene rings is 1. The minimum atomic E-state index is -0.637.